The summed E-state index contributed by atoms with van der Waals surface area (Å²) in [6.45, 7) is 8.15. The van der Waals surface area contributed by atoms with Gasteiger partial charge < -0.3 is 0 Å². The Kier molecular flexibility index (Phi) is 4.29. The van der Waals surface area contributed by atoms with Crippen LogP contribution >= 0.6 is 22.7 Å². The first-order chi connectivity index (χ1) is 6.75. The van der Waals surface area contributed by atoms with E-state index in [1.54, 1.807) is 22.7 Å². The zero-order valence-electron chi connectivity index (χ0n) is 9.00. The number of aryl methyl sites for hydroxylation is 2. The van der Waals surface area contributed by atoms with E-state index in [4.69, 9.17) is 0 Å². The molecule has 2 heterocycles. The van der Waals surface area contributed by atoms with Gasteiger partial charge in [-0.15, -0.1) is 22.7 Å². The average molecular weight is 225 g/mol. The number of hydrogen-bond acceptors (Lipinski definition) is 3. The van der Waals surface area contributed by atoms with Crippen molar-refractivity contribution < 1.29 is 0 Å². The Bertz CT molecular complexity index is 349. The van der Waals surface area contributed by atoms with Crippen LogP contribution in [0.4, 0.5) is 0 Å². The highest BCUT2D eigenvalue weighted by Gasteiger charge is 2.03. The maximum atomic E-state index is 4.42. The third-order valence-electron chi connectivity index (χ3n) is 1.57. The van der Waals surface area contributed by atoms with Gasteiger partial charge in [-0.25, -0.2) is 4.98 Å². The van der Waals surface area contributed by atoms with E-state index in [1.165, 1.54) is 9.75 Å². The lowest BCUT2D eigenvalue weighted by Crippen LogP contribution is -1.69. The van der Waals surface area contributed by atoms with Crippen molar-refractivity contribution in [3.63, 3.8) is 0 Å². The summed E-state index contributed by atoms with van der Waals surface area (Å²) < 4.78 is 0. The first-order valence-corrected chi connectivity index (χ1v) is 6.44. The fraction of sp³-hybridized carbons (Fsp3) is 0.364. The number of nitrogens with zero attached hydrogens (tertiary/aromatic N) is 1. The molecule has 76 valence electrons. The van der Waals surface area contributed by atoms with Gasteiger partial charge in [-0.1, -0.05) is 13.8 Å². The normalized spacial score (nSPS) is 9.43. The molecule has 2 rings (SSSR count). The van der Waals surface area contributed by atoms with E-state index in [-0.39, 0.29) is 0 Å². The van der Waals surface area contributed by atoms with Crippen LogP contribution in [-0.4, -0.2) is 4.98 Å². The van der Waals surface area contributed by atoms with Gasteiger partial charge in [0.2, 0.25) is 0 Å². The van der Waals surface area contributed by atoms with Crippen molar-refractivity contribution in [3.8, 4) is 9.88 Å². The van der Waals surface area contributed by atoms with Crippen LogP contribution in [0.15, 0.2) is 17.5 Å². The summed E-state index contributed by atoms with van der Waals surface area (Å²) in [5.41, 5.74) is 1.11. The highest BCUT2D eigenvalue weighted by Crippen LogP contribution is 2.29. The second-order valence-electron chi connectivity index (χ2n) is 2.70. The lowest BCUT2D eigenvalue weighted by molar-refractivity contribution is 1.27. The van der Waals surface area contributed by atoms with Crippen LogP contribution in [-0.2, 0) is 0 Å². The Balaban J connectivity index is 0.000000461. The SMILES string of the molecule is CC.Cc1csc(-c2ccc(C)s2)n1. The van der Waals surface area contributed by atoms with Gasteiger partial charge in [-0.3, -0.25) is 0 Å². The number of thiophene rings is 1. The molecule has 0 aliphatic carbocycles. The number of rotatable bonds is 1. The van der Waals surface area contributed by atoms with Crippen molar-refractivity contribution in [2.24, 2.45) is 0 Å². The van der Waals surface area contributed by atoms with Gasteiger partial charge in [0.1, 0.15) is 5.01 Å². The lowest BCUT2D eigenvalue weighted by Gasteiger charge is -1.85. The predicted octanol–water partition coefficient (Wildman–Crippen LogP) is 4.51. The molecule has 14 heavy (non-hydrogen) atoms. The van der Waals surface area contributed by atoms with Gasteiger partial charge in [0.15, 0.2) is 0 Å². The monoisotopic (exact) mass is 225 g/mol. The summed E-state index contributed by atoms with van der Waals surface area (Å²) in [5, 5.41) is 3.23. The molecule has 0 aromatic carbocycles. The van der Waals surface area contributed by atoms with Gasteiger partial charge >= 0.3 is 0 Å². The number of thiazole rings is 1. The van der Waals surface area contributed by atoms with Crippen molar-refractivity contribution in [3.05, 3.63) is 28.1 Å². The molecule has 0 saturated carbocycles. The Morgan fingerprint density at radius 1 is 1.14 bits per heavy atom. The third kappa shape index (κ3) is 2.66. The Hall–Kier alpha value is -0.670. The van der Waals surface area contributed by atoms with Crippen molar-refractivity contribution in [1.29, 1.82) is 0 Å². The molecule has 1 nitrogen and oxygen atoms in total. The molecule has 0 unspecified atom stereocenters. The molecule has 0 aliphatic rings. The molecule has 0 atom stereocenters. The maximum Gasteiger partial charge on any atom is 0.133 e. The smallest absolute Gasteiger partial charge is 0.133 e. The van der Waals surface area contributed by atoms with Crippen molar-refractivity contribution in [2.45, 2.75) is 27.7 Å². The van der Waals surface area contributed by atoms with Crippen molar-refractivity contribution in [2.75, 3.05) is 0 Å². The molecule has 0 radical (unpaired) electrons. The van der Waals surface area contributed by atoms with Gasteiger partial charge in [0, 0.05) is 16.0 Å². The Morgan fingerprint density at radius 2 is 1.86 bits per heavy atom. The fourth-order valence-electron chi connectivity index (χ4n) is 1.02. The molecular weight excluding hydrogens is 210 g/mol. The predicted molar refractivity (Wildman–Crippen MR) is 66.2 cm³/mol. The van der Waals surface area contributed by atoms with Crippen LogP contribution in [0.3, 0.4) is 0 Å². The van der Waals surface area contributed by atoms with Crippen molar-refractivity contribution >= 4 is 22.7 Å². The molecule has 0 bridgehead atoms. The summed E-state index contributed by atoms with van der Waals surface area (Å²) in [4.78, 5) is 7.05. The van der Waals surface area contributed by atoms with Gasteiger partial charge in [-0.2, -0.15) is 0 Å². The summed E-state index contributed by atoms with van der Waals surface area (Å²) in [5.74, 6) is 0. The minimum atomic E-state index is 1.11. The Morgan fingerprint density at radius 3 is 2.29 bits per heavy atom. The van der Waals surface area contributed by atoms with Crippen LogP contribution in [0.25, 0.3) is 9.88 Å². The summed E-state index contributed by atoms with van der Waals surface area (Å²) >= 11 is 3.52. The highest BCUT2D eigenvalue weighted by atomic mass is 32.1. The second kappa shape index (κ2) is 5.27. The third-order valence-corrected chi connectivity index (χ3v) is 3.70. The molecule has 0 spiro atoms. The summed E-state index contributed by atoms with van der Waals surface area (Å²) in [6, 6.07) is 4.27. The van der Waals surface area contributed by atoms with Crippen LogP contribution in [0.2, 0.25) is 0 Å². The first kappa shape index (κ1) is 11.4. The molecule has 2 aromatic heterocycles. The standard InChI is InChI=1S/C9H9NS2.C2H6/c1-6-5-11-9(10-6)8-4-3-7(2)12-8;1-2/h3-5H,1-2H3;1-2H3. The van der Waals surface area contributed by atoms with E-state index < -0.39 is 0 Å². The van der Waals surface area contributed by atoms with Crippen LogP contribution < -0.4 is 0 Å². The van der Waals surface area contributed by atoms with E-state index in [9.17, 15) is 0 Å². The average Bonchev–Trinajstić information content (AvgIpc) is 2.78. The first-order valence-electron chi connectivity index (χ1n) is 4.74. The number of hydrogen-bond donors (Lipinski definition) is 0. The zero-order valence-corrected chi connectivity index (χ0v) is 10.6. The minimum Gasteiger partial charge on any atom is -0.241 e. The van der Waals surface area contributed by atoms with Crippen molar-refractivity contribution in [1.82, 2.24) is 4.98 Å². The second-order valence-corrected chi connectivity index (χ2v) is 4.85. The molecule has 0 N–H and O–H groups in total. The van der Waals surface area contributed by atoms with E-state index in [0.29, 0.717) is 0 Å². The number of aromatic nitrogens is 1. The molecule has 0 fully saturated rings. The van der Waals surface area contributed by atoms with Crippen LogP contribution in [0, 0.1) is 13.8 Å². The zero-order chi connectivity index (χ0) is 10.6. The molecule has 0 saturated heterocycles. The van der Waals surface area contributed by atoms with E-state index in [0.717, 1.165) is 10.7 Å². The molecular formula is C11H15NS2. The highest BCUT2D eigenvalue weighted by molar-refractivity contribution is 7.21. The molecule has 3 heteroatoms. The molecule has 0 amide bonds. The topological polar surface area (TPSA) is 12.9 Å². The van der Waals surface area contributed by atoms with Crippen LogP contribution in [0.1, 0.15) is 24.4 Å². The van der Waals surface area contributed by atoms with Crippen LogP contribution in [0.5, 0.6) is 0 Å². The minimum absolute atomic E-state index is 1.11. The van der Waals surface area contributed by atoms with E-state index in [2.05, 4.69) is 29.4 Å². The fourth-order valence-corrected chi connectivity index (χ4v) is 2.75. The van der Waals surface area contributed by atoms with Gasteiger partial charge in [0.05, 0.1) is 4.88 Å². The van der Waals surface area contributed by atoms with E-state index >= 15 is 0 Å². The summed E-state index contributed by atoms with van der Waals surface area (Å²) in [7, 11) is 0. The molecule has 2 aromatic rings. The maximum absolute atomic E-state index is 4.42. The Labute approximate surface area is 93.5 Å². The van der Waals surface area contributed by atoms with E-state index in [1.807, 2.05) is 20.8 Å². The molecule has 0 aliphatic heterocycles. The van der Waals surface area contributed by atoms with Gasteiger partial charge in [0.25, 0.3) is 0 Å². The largest absolute Gasteiger partial charge is 0.241 e. The lowest BCUT2D eigenvalue weighted by atomic mass is 10.4. The quantitative estimate of drug-likeness (QED) is 0.695. The van der Waals surface area contributed by atoms with Gasteiger partial charge in [-0.05, 0) is 26.0 Å². The summed E-state index contributed by atoms with van der Waals surface area (Å²) in [6.07, 6.45) is 0.